The van der Waals surface area contributed by atoms with Crippen molar-refractivity contribution < 1.29 is 4.79 Å². The first-order chi connectivity index (χ1) is 11.0. The van der Waals surface area contributed by atoms with Gasteiger partial charge >= 0.3 is 0 Å². The van der Waals surface area contributed by atoms with Crippen molar-refractivity contribution in [2.75, 3.05) is 5.32 Å². The van der Waals surface area contributed by atoms with E-state index in [-0.39, 0.29) is 5.91 Å². The number of rotatable bonds is 4. The first-order valence-electron chi connectivity index (χ1n) is 7.41. The van der Waals surface area contributed by atoms with Gasteiger partial charge < -0.3 is 5.32 Å². The Morgan fingerprint density at radius 1 is 1.30 bits per heavy atom. The highest BCUT2D eigenvalue weighted by molar-refractivity contribution is 7.08. The summed E-state index contributed by atoms with van der Waals surface area (Å²) in [6.45, 7) is 5.97. The molecule has 0 unspecified atom stereocenters. The Morgan fingerprint density at radius 2 is 2.13 bits per heavy atom. The van der Waals surface area contributed by atoms with Crippen molar-refractivity contribution in [1.82, 2.24) is 15.2 Å². The molecule has 1 amide bonds. The van der Waals surface area contributed by atoms with Gasteiger partial charge in [0, 0.05) is 22.7 Å². The van der Waals surface area contributed by atoms with Crippen LogP contribution in [0.15, 0.2) is 35.0 Å². The minimum atomic E-state index is -0.200. The monoisotopic (exact) mass is 326 g/mol. The fourth-order valence-corrected chi connectivity index (χ4v) is 2.90. The lowest BCUT2D eigenvalue weighted by molar-refractivity contribution is 0.102. The van der Waals surface area contributed by atoms with Crippen molar-refractivity contribution in [3.63, 3.8) is 0 Å². The predicted octanol–water partition coefficient (Wildman–Crippen LogP) is 4.22. The summed E-state index contributed by atoms with van der Waals surface area (Å²) in [5.41, 5.74) is 4.19. The van der Waals surface area contributed by atoms with E-state index in [0.29, 0.717) is 23.0 Å². The number of thiophene rings is 1. The van der Waals surface area contributed by atoms with E-state index in [9.17, 15) is 4.79 Å². The van der Waals surface area contributed by atoms with Crippen molar-refractivity contribution >= 4 is 23.1 Å². The highest BCUT2D eigenvalue weighted by Crippen LogP contribution is 2.22. The summed E-state index contributed by atoms with van der Waals surface area (Å²) < 4.78 is 0. The fourth-order valence-electron chi connectivity index (χ4n) is 2.25. The molecule has 3 aromatic heterocycles. The third-order valence-corrected chi connectivity index (χ3v) is 4.29. The number of hydrogen-bond donors (Lipinski definition) is 2. The number of H-pyrrole nitrogens is 1. The molecule has 3 aromatic rings. The number of aryl methyl sites for hydroxylation is 1. The molecule has 6 heteroatoms. The Bertz CT molecular complexity index is 821. The molecule has 0 atom stereocenters. The Balaban J connectivity index is 1.79. The van der Waals surface area contributed by atoms with E-state index >= 15 is 0 Å². The van der Waals surface area contributed by atoms with Crippen LogP contribution in [0.25, 0.3) is 11.3 Å². The molecule has 23 heavy (non-hydrogen) atoms. The van der Waals surface area contributed by atoms with Gasteiger partial charge in [-0.05, 0) is 36.4 Å². The van der Waals surface area contributed by atoms with E-state index in [1.807, 2.05) is 35.9 Å². The number of amides is 1. The van der Waals surface area contributed by atoms with Gasteiger partial charge in [0.1, 0.15) is 0 Å². The number of nitrogens with one attached hydrogen (secondary N) is 2. The minimum absolute atomic E-state index is 0.200. The van der Waals surface area contributed by atoms with Gasteiger partial charge in [-0.1, -0.05) is 13.8 Å². The molecule has 0 spiro atoms. The minimum Gasteiger partial charge on any atom is -0.305 e. The number of nitrogens with zero attached hydrogens (tertiary/aromatic N) is 2. The van der Waals surface area contributed by atoms with Crippen LogP contribution in [0.5, 0.6) is 0 Å². The van der Waals surface area contributed by atoms with Gasteiger partial charge in [-0.15, -0.1) is 0 Å². The average Bonchev–Trinajstić information content (AvgIpc) is 3.18. The maximum Gasteiger partial charge on any atom is 0.258 e. The van der Waals surface area contributed by atoms with E-state index in [0.717, 1.165) is 17.0 Å². The zero-order chi connectivity index (χ0) is 16.4. The van der Waals surface area contributed by atoms with E-state index in [1.165, 1.54) is 0 Å². The first-order valence-corrected chi connectivity index (χ1v) is 8.35. The molecule has 0 bridgehead atoms. The lowest BCUT2D eigenvalue weighted by Crippen LogP contribution is -2.14. The van der Waals surface area contributed by atoms with Crippen LogP contribution >= 0.6 is 11.3 Å². The predicted molar refractivity (Wildman–Crippen MR) is 92.9 cm³/mol. The molecule has 0 radical (unpaired) electrons. The second-order valence-electron chi connectivity index (χ2n) is 5.66. The normalized spacial score (nSPS) is 11.0. The van der Waals surface area contributed by atoms with Crippen LogP contribution in [-0.4, -0.2) is 21.1 Å². The molecule has 5 nitrogen and oxygen atoms in total. The highest BCUT2D eigenvalue weighted by Gasteiger charge is 2.14. The molecular weight excluding hydrogens is 308 g/mol. The van der Waals surface area contributed by atoms with Crippen molar-refractivity contribution in [2.24, 2.45) is 0 Å². The van der Waals surface area contributed by atoms with E-state index in [2.05, 4.69) is 34.3 Å². The smallest absolute Gasteiger partial charge is 0.258 e. The van der Waals surface area contributed by atoms with Gasteiger partial charge in [-0.25, -0.2) is 0 Å². The van der Waals surface area contributed by atoms with Crippen molar-refractivity contribution in [2.45, 2.75) is 26.7 Å². The summed E-state index contributed by atoms with van der Waals surface area (Å²) in [5.74, 6) is 0.662. The van der Waals surface area contributed by atoms with Gasteiger partial charge in [0.05, 0.1) is 17.0 Å². The Hall–Kier alpha value is -2.47. The van der Waals surface area contributed by atoms with Gasteiger partial charge in [0.15, 0.2) is 5.82 Å². The van der Waals surface area contributed by atoms with Crippen molar-refractivity contribution in [3.05, 3.63) is 52.0 Å². The lowest BCUT2D eigenvalue weighted by atomic mass is 10.1. The third kappa shape index (κ3) is 3.32. The number of aromatic nitrogens is 3. The topological polar surface area (TPSA) is 70.7 Å². The molecule has 118 valence electrons. The number of carbonyl (C=O) groups is 1. The quantitative estimate of drug-likeness (QED) is 0.754. The maximum atomic E-state index is 12.4. The van der Waals surface area contributed by atoms with Gasteiger partial charge in [0.2, 0.25) is 0 Å². The van der Waals surface area contributed by atoms with Crippen LogP contribution in [0.4, 0.5) is 5.82 Å². The number of aromatic amines is 1. The number of hydrogen-bond acceptors (Lipinski definition) is 4. The number of carbonyl (C=O) groups excluding carboxylic acids is 1. The first kappa shape index (κ1) is 15.4. The summed E-state index contributed by atoms with van der Waals surface area (Å²) in [4.78, 5) is 16.9. The standard InChI is InChI=1S/C17H18N4OS/c1-10(2)15-8-16(21-20-15)19-17(22)13-4-5-14(18-11(13)3)12-6-7-23-9-12/h4-10H,1-3H3,(H2,19,20,21,22). The summed E-state index contributed by atoms with van der Waals surface area (Å²) in [7, 11) is 0. The molecule has 0 saturated carbocycles. The van der Waals surface area contributed by atoms with E-state index in [1.54, 1.807) is 17.4 Å². The second-order valence-corrected chi connectivity index (χ2v) is 6.44. The molecule has 3 heterocycles. The zero-order valence-electron chi connectivity index (χ0n) is 13.3. The van der Waals surface area contributed by atoms with Crippen LogP contribution in [0.1, 0.15) is 41.5 Å². The Labute approximate surface area is 138 Å². The molecule has 3 rings (SSSR count). The summed E-state index contributed by atoms with van der Waals surface area (Å²) in [6.07, 6.45) is 0. The summed E-state index contributed by atoms with van der Waals surface area (Å²) in [5, 5.41) is 13.9. The summed E-state index contributed by atoms with van der Waals surface area (Å²) >= 11 is 1.63. The fraction of sp³-hybridized carbons (Fsp3) is 0.235. The van der Waals surface area contributed by atoms with Crippen LogP contribution in [0.3, 0.4) is 0 Å². The van der Waals surface area contributed by atoms with E-state index in [4.69, 9.17) is 0 Å². The molecule has 0 aliphatic heterocycles. The molecular formula is C17H18N4OS. The molecule has 0 aliphatic carbocycles. The second kappa shape index (κ2) is 6.34. The van der Waals surface area contributed by atoms with Crippen LogP contribution < -0.4 is 5.32 Å². The maximum absolute atomic E-state index is 12.4. The molecule has 0 fully saturated rings. The number of pyridine rings is 1. The molecule has 2 N–H and O–H groups in total. The Kier molecular flexibility index (Phi) is 4.25. The van der Waals surface area contributed by atoms with Crippen molar-refractivity contribution in [3.8, 4) is 11.3 Å². The zero-order valence-corrected chi connectivity index (χ0v) is 14.1. The highest BCUT2D eigenvalue weighted by atomic mass is 32.1. The average molecular weight is 326 g/mol. The lowest BCUT2D eigenvalue weighted by Gasteiger charge is -2.07. The molecule has 0 aromatic carbocycles. The van der Waals surface area contributed by atoms with Gasteiger partial charge in [0.25, 0.3) is 5.91 Å². The Morgan fingerprint density at radius 3 is 2.74 bits per heavy atom. The van der Waals surface area contributed by atoms with Crippen LogP contribution in [0, 0.1) is 6.92 Å². The summed E-state index contributed by atoms with van der Waals surface area (Å²) in [6, 6.07) is 7.54. The largest absolute Gasteiger partial charge is 0.305 e. The van der Waals surface area contributed by atoms with Crippen molar-refractivity contribution in [1.29, 1.82) is 0 Å². The van der Waals surface area contributed by atoms with Gasteiger partial charge in [-0.2, -0.15) is 16.4 Å². The number of anilines is 1. The van der Waals surface area contributed by atoms with Crippen LogP contribution in [0.2, 0.25) is 0 Å². The van der Waals surface area contributed by atoms with Crippen LogP contribution in [-0.2, 0) is 0 Å². The third-order valence-electron chi connectivity index (χ3n) is 3.61. The molecule has 0 aliphatic rings. The SMILES string of the molecule is Cc1nc(-c2ccsc2)ccc1C(=O)Nc1cc(C(C)C)[nH]n1. The van der Waals surface area contributed by atoms with E-state index < -0.39 is 0 Å². The van der Waals surface area contributed by atoms with Gasteiger partial charge in [-0.3, -0.25) is 14.9 Å². The molecule has 0 saturated heterocycles.